The van der Waals surface area contributed by atoms with Gasteiger partial charge in [0.1, 0.15) is 5.82 Å². The average molecular weight is 272 g/mol. The van der Waals surface area contributed by atoms with Crippen LogP contribution in [-0.4, -0.2) is 23.5 Å². The predicted molar refractivity (Wildman–Crippen MR) is 42.1 cm³/mol. The van der Waals surface area contributed by atoms with Gasteiger partial charge in [-0.2, -0.15) is 0 Å². The normalized spacial score (nSPS) is 8.25. The Morgan fingerprint density at radius 3 is 2.44 bits per heavy atom. The van der Waals surface area contributed by atoms with Crippen molar-refractivity contribution in [2.24, 2.45) is 0 Å². The summed E-state index contributed by atoms with van der Waals surface area (Å²) in [6.07, 6.45) is 1.24. The van der Waals surface area contributed by atoms with Gasteiger partial charge in [0.2, 0.25) is 0 Å². The Labute approximate surface area is 177 Å². The Bertz CT molecular complexity index is 373. The van der Waals surface area contributed by atoms with E-state index in [2.05, 4.69) is 10.3 Å². The first-order chi connectivity index (χ1) is 6.59. The molecule has 0 fully saturated rings. The van der Waals surface area contributed by atoms with Crippen molar-refractivity contribution in [3.05, 3.63) is 23.9 Å². The standard InChI is InChI=1S/C8H8N2O4.2K/c11-7(12)4-10-6-3-5(8(13)14)1-2-9-6;;/h1-3H,4H2,(H,9,10)(H,11,12)(H,13,14);;/q;2*+1/p-2. The van der Waals surface area contributed by atoms with E-state index >= 15 is 0 Å². The Kier molecular flexibility index (Phi) is 12.3. The maximum Gasteiger partial charge on any atom is 1.00 e. The van der Waals surface area contributed by atoms with Crippen LogP contribution in [0.2, 0.25) is 0 Å². The Morgan fingerprint density at radius 1 is 1.31 bits per heavy atom. The summed E-state index contributed by atoms with van der Waals surface area (Å²) < 4.78 is 0. The molecule has 1 aromatic heterocycles. The van der Waals surface area contributed by atoms with Crippen LogP contribution in [0.4, 0.5) is 5.82 Å². The molecule has 6 nitrogen and oxygen atoms in total. The fraction of sp³-hybridized carbons (Fsp3) is 0.125. The molecule has 0 aliphatic carbocycles. The summed E-state index contributed by atoms with van der Waals surface area (Å²) in [5.74, 6) is -2.49. The summed E-state index contributed by atoms with van der Waals surface area (Å²) in [6.45, 7) is -0.427. The van der Waals surface area contributed by atoms with Crippen molar-refractivity contribution in [2.75, 3.05) is 11.9 Å². The van der Waals surface area contributed by atoms with Crippen LogP contribution in [0.3, 0.4) is 0 Å². The van der Waals surface area contributed by atoms with E-state index < -0.39 is 18.5 Å². The van der Waals surface area contributed by atoms with Crippen LogP contribution in [-0.2, 0) is 4.79 Å². The van der Waals surface area contributed by atoms with Gasteiger partial charge in [0.25, 0.3) is 0 Å². The summed E-state index contributed by atoms with van der Waals surface area (Å²) in [7, 11) is 0. The number of hydrogen-bond acceptors (Lipinski definition) is 6. The number of nitrogens with one attached hydrogen (secondary N) is 1. The molecule has 1 N–H and O–H groups in total. The molecule has 1 rings (SSSR count). The van der Waals surface area contributed by atoms with Gasteiger partial charge in [0.05, 0.1) is 18.5 Å². The van der Waals surface area contributed by atoms with Crippen LogP contribution < -0.4 is 118 Å². The van der Waals surface area contributed by atoms with Crippen molar-refractivity contribution in [1.82, 2.24) is 4.98 Å². The first-order valence-corrected chi connectivity index (χ1v) is 3.70. The summed E-state index contributed by atoms with van der Waals surface area (Å²) in [5, 5.41) is 22.8. The number of carboxylic acids is 2. The van der Waals surface area contributed by atoms with Crippen molar-refractivity contribution >= 4 is 17.8 Å². The number of hydrogen-bond donors (Lipinski definition) is 1. The van der Waals surface area contributed by atoms with Crippen molar-refractivity contribution in [3.8, 4) is 0 Å². The number of carbonyl (C=O) groups excluding carboxylic acids is 2. The van der Waals surface area contributed by atoms with E-state index in [0.717, 1.165) is 0 Å². The Balaban J connectivity index is 0. The average Bonchev–Trinajstić information content (AvgIpc) is 2.15. The number of aromatic nitrogens is 1. The molecule has 1 heterocycles. The fourth-order valence-corrected chi connectivity index (χ4v) is 0.817. The number of anilines is 1. The molecule has 16 heavy (non-hydrogen) atoms. The van der Waals surface area contributed by atoms with Crippen molar-refractivity contribution < 1.29 is 123 Å². The molecule has 0 amide bonds. The van der Waals surface area contributed by atoms with Crippen molar-refractivity contribution in [1.29, 1.82) is 0 Å². The van der Waals surface area contributed by atoms with E-state index in [0.29, 0.717) is 0 Å². The fourth-order valence-electron chi connectivity index (χ4n) is 0.817. The molecule has 0 radical (unpaired) electrons. The van der Waals surface area contributed by atoms with Crippen LogP contribution in [0.15, 0.2) is 18.3 Å². The van der Waals surface area contributed by atoms with Crippen LogP contribution >= 0.6 is 0 Å². The third-order valence-electron chi connectivity index (χ3n) is 1.41. The van der Waals surface area contributed by atoms with Gasteiger partial charge in [-0.25, -0.2) is 4.98 Å². The number of carbonyl (C=O) groups is 2. The third kappa shape index (κ3) is 7.48. The zero-order chi connectivity index (χ0) is 10.6. The van der Waals surface area contributed by atoms with Gasteiger partial charge in [-0.05, 0) is 12.1 Å². The molecule has 1 aromatic rings. The zero-order valence-electron chi connectivity index (χ0n) is 9.02. The molecule has 8 heteroatoms. The van der Waals surface area contributed by atoms with E-state index in [1.165, 1.54) is 18.3 Å². The van der Waals surface area contributed by atoms with Crippen molar-refractivity contribution in [3.63, 3.8) is 0 Å². The van der Waals surface area contributed by atoms with Gasteiger partial charge in [-0.15, -0.1) is 0 Å². The number of pyridine rings is 1. The molecule has 0 unspecified atom stereocenters. The van der Waals surface area contributed by atoms with E-state index in [1.807, 2.05) is 0 Å². The van der Waals surface area contributed by atoms with E-state index in [9.17, 15) is 19.8 Å². The number of aliphatic carboxylic acids is 1. The third-order valence-corrected chi connectivity index (χ3v) is 1.41. The zero-order valence-corrected chi connectivity index (χ0v) is 15.3. The Morgan fingerprint density at radius 2 is 1.94 bits per heavy atom. The number of aromatic carboxylic acids is 1. The van der Waals surface area contributed by atoms with Gasteiger partial charge < -0.3 is 25.1 Å². The monoisotopic (exact) mass is 272 g/mol. The first kappa shape index (κ1) is 19.5. The molecular weight excluding hydrogens is 266 g/mol. The van der Waals surface area contributed by atoms with E-state index in [1.54, 1.807) is 0 Å². The minimum Gasteiger partial charge on any atom is -0.548 e. The molecule has 0 saturated carbocycles. The second kappa shape index (κ2) is 10.1. The summed E-state index contributed by atoms with van der Waals surface area (Å²) in [4.78, 5) is 24.2. The Hall–Kier alpha value is 1.16. The molecule has 0 aliphatic heterocycles. The maximum atomic E-state index is 10.4. The second-order valence-corrected chi connectivity index (χ2v) is 2.44. The molecule has 0 bridgehead atoms. The number of nitrogens with zero attached hydrogens (tertiary/aromatic N) is 1. The van der Waals surface area contributed by atoms with Crippen LogP contribution in [0.1, 0.15) is 10.4 Å². The number of rotatable bonds is 4. The van der Waals surface area contributed by atoms with Gasteiger partial charge in [0.15, 0.2) is 0 Å². The minimum absolute atomic E-state index is 0. The van der Waals surface area contributed by atoms with Gasteiger partial charge in [-0.3, -0.25) is 0 Å². The van der Waals surface area contributed by atoms with Crippen LogP contribution in [0, 0.1) is 0 Å². The quantitative estimate of drug-likeness (QED) is 0.546. The summed E-state index contributed by atoms with van der Waals surface area (Å²) in [6, 6.07) is 2.43. The maximum absolute atomic E-state index is 10.4. The minimum atomic E-state index is -1.34. The SMILES string of the molecule is O=C([O-])CNc1cc(C(=O)[O-])ccn1.[K+].[K+]. The van der Waals surface area contributed by atoms with E-state index in [4.69, 9.17) is 0 Å². The molecular formula is C8H6K2N2O4. The van der Waals surface area contributed by atoms with Crippen LogP contribution in [0.25, 0.3) is 0 Å². The summed E-state index contributed by atoms with van der Waals surface area (Å²) in [5.41, 5.74) is -0.0687. The smallest absolute Gasteiger partial charge is 0.548 e. The topological polar surface area (TPSA) is 105 Å². The molecule has 0 atom stereocenters. The molecule has 0 aromatic carbocycles. The molecule has 0 saturated heterocycles. The first-order valence-electron chi connectivity index (χ1n) is 3.70. The molecule has 0 aliphatic rings. The summed E-state index contributed by atoms with van der Waals surface area (Å²) >= 11 is 0. The molecule has 74 valence electrons. The van der Waals surface area contributed by atoms with Crippen molar-refractivity contribution in [2.45, 2.75) is 0 Å². The van der Waals surface area contributed by atoms with Crippen LogP contribution in [0.5, 0.6) is 0 Å². The van der Waals surface area contributed by atoms with E-state index in [-0.39, 0.29) is 114 Å². The predicted octanol–water partition coefficient (Wildman–Crippen LogP) is -8.39. The molecule has 0 spiro atoms. The van der Waals surface area contributed by atoms with Gasteiger partial charge in [0, 0.05) is 11.8 Å². The largest absolute Gasteiger partial charge is 1.00 e. The van der Waals surface area contributed by atoms with Gasteiger partial charge in [-0.1, -0.05) is 0 Å². The second-order valence-electron chi connectivity index (χ2n) is 2.44. The number of carboxylic acid groups (broad SMARTS) is 2. The van der Waals surface area contributed by atoms with Gasteiger partial charge >= 0.3 is 103 Å².